The third-order valence-electron chi connectivity index (χ3n) is 5.84. The average Bonchev–Trinajstić information content (AvgIpc) is 2.94. The van der Waals surface area contributed by atoms with Crippen molar-refractivity contribution in [1.29, 1.82) is 0 Å². The third-order valence-corrected chi connectivity index (χ3v) is 9.45. The van der Waals surface area contributed by atoms with Crippen LogP contribution in [0.2, 0.25) is 0 Å². The lowest BCUT2D eigenvalue weighted by atomic mass is 10.1. The molecule has 0 radical (unpaired) electrons. The highest BCUT2D eigenvalue weighted by molar-refractivity contribution is 7.86. The van der Waals surface area contributed by atoms with Gasteiger partial charge >= 0.3 is 23.3 Å². The van der Waals surface area contributed by atoms with Gasteiger partial charge in [0, 0.05) is 0 Å². The maximum atomic E-state index is 12.2. The zero-order chi connectivity index (χ0) is 31.4. The minimum absolute atomic E-state index is 0.975. The van der Waals surface area contributed by atoms with E-state index in [1.54, 1.807) is 0 Å². The molecule has 3 nitrogen and oxygen atoms in total. The summed E-state index contributed by atoms with van der Waals surface area (Å²) >= 11 is 0. The second kappa shape index (κ2) is 12.4. The molecule has 14 heteroatoms. The van der Waals surface area contributed by atoms with Crippen LogP contribution in [0, 0.1) is 0 Å². The molecule has 4 rings (SSSR count). The van der Waals surface area contributed by atoms with Gasteiger partial charge in [0.25, 0.3) is 0 Å². The molecule has 0 heterocycles. The molecule has 0 saturated heterocycles. The van der Waals surface area contributed by atoms with E-state index >= 15 is 0 Å². The molecule has 0 aromatic heterocycles. The van der Waals surface area contributed by atoms with Gasteiger partial charge in [-0.3, -0.25) is 0 Å². The van der Waals surface area contributed by atoms with Gasteiger partial charge in [0.2, 0.25) is 0 Å². The Balaban J connectivity index is 0.000000252. The smallest absolute Gasteiger partial charge is 0.460 e. The van der Waals surface area contributed by atoms with Gasteiger partial charge in [-0.15, -0.1) is 0 Å². The second-order valence-corrected chi connectivity index (χ2v) is 12.6. The quantitative estimate of drug-likeness (QED) is 0.127. The van der Waals surface area contributed by atoms with Crippen LogP contribution in [0.25, 0.3) is 11.1 Å². The van der Waals surface area contributed by atoms with E-state index in [1.165, 1.54) is 27.0 Å². The molecule has 0 saturated carbocycles. The predicted molar refractivity (Wildman–Crippen MR) is 143 cm³/mol. The van der Waals surface area contributed by atoms with Crippen molar-refractivity contribution in [2.45, 2.75) is 23.3 Å². The van der Waals surface area contributed by atoms with Crippen LogP contribution >= 0.6 is 7.92 Å². The molecule has 4 aromatic carbocycles. The van der Waals surface area contributed by atoms with Crippen molar-refractivity contribution in [3.05, 3.63) is 115 Å². The fraction of sp³-hybridized carbons (Fsp3) is 0.143. The summed E-state index contributed by atoms with van der Waals surface area (Å²) < 4.78 is 135. The molecule has 0 N–H and O–H groups in total. The summed E-state index contributed by atoms with van der Waals surface area (Å²) in [7, 11) is -8.39. The molecular formula is C28H20F9O3PS. The number of rotatable bonds is 7. The van der Waals surface area contributed by atoms with E-state index < -0.39 is 41.3 Å². The first-order valence-corrected chi connectivity index (χ1v) is 14.6. The minimum Gasteiger partial charge on any atom is -0.743 e. The Kier molecular flexibility index (Phi) is 9.81. The molecule has 42 heavy (non-hydrogen) atoms. The van der Waals surface area contributed by atoms with Gasteiger partial charge in [-0.1, -0.05) is 78.9 Å². The maximum Gasteiger partial charge on any atom is 0.460 e. The molecule has 0 spiro atoms. The van der Waals surface area contributed by atoms with E-state index in [-0.39, 0.29) is 0 Å². The first-order chi connectivity index (χ1) is 19.4. The monoisotopic (exact) mass is 638 g/mol. The number of alkyl halides is 9. The third kappa shape index (κ3) is 6.79. The van der Waals surface area contributed by atoms with E-state index in [9.17, 15) is 52.5 Å². The van der Waals surface area contributed by atoms with Gasteiger partial charge in [0.1, 0.15) is 15.9 Å². The Morgan fingerprint density at radius 1 is 0.476 bits per heavy atom. The summed E-state index contributed by atoms with van der Waals surface area (Å²) in [5, 5.41) is -2.85. The van der Waals surface area contributed by atoms with Crippen LogP contribution in [0.1, 0.15) is 0 Å². The van der Waals surface area contributed by atoms with E-state index in [0.29, 0.717) is 0 Å². The highest BCUT2D eigenvalue weighted by atomic mass is 32.2. The molecule has 224 valence electrons. The summed E-state index contributed by atoms with van der Waals surface area (Å²) in [6, 6.07) is 41.4. The Labute approximate surface area is 236 Å². The zero-order valence-electron chi connectivity index (χ0n) is 21.0. The molecule has 0 atom stereocenters. The Morgan fingerprint density at radius 2 is 0.810 bits per heavy atom. The molecule has 0 aliphatic heterocycles. The SMILES string of the molecule is O=S(=O)([O-])C(F)(F)C(F)(F)C(F)(F)C(F)(F)F.c1ccc(-c2ccc([PH+](c3ccccc3)c3ccccc3)cc2)cc1. The minimum atomic E-state index is -7.43. The fourth-order valence-corrected chi connectivity index (χ4v) is 6.68. The van der Waals surface area contributed by atoms with Crippen molar-refractivity contribution < 1.29 is 52.5 Å². The summed E-state index contributed by atoms with van der Waals surface area (Å²) in [6.45, 7) is 0. The topological polar surface area (TPSA) is 57.2 Å². The van der Waals surface area contributed by atoms with Crippen molar-refractivity contribution in [2.24, 2.45) is 0 Å². The standard InChI is InChI=1S/C24H19P.C4HF9O3S/c1-4-10-20(11-5-1)21-16-18-24(19-17-21)25(22-12-6-2-7-13-22)23-14-8-3-9-15-23;5-1(6,3(9,10)11)2(7,8)4(12,13)17(14,15)16/h1-19H;(H,14,15,16). The van der Waals surface area contributed by atoms with Crippen molar-refractivity contribution in [2.75, 3.05) is 0 Å². The van der Waals surface area contributed by atoms with Crippen molar-refractivity contribution >= 4 is 34.0 Å². The van der Waals surface area contributed by atoms with E-state index in [4.69, 9.17) is 0 Å². The summed E-state index contributed by atoms with van der Waals surface area (Å²) in [5.74, 6) is -14.8. The van der Waals surface area contributed by atoms with Gasteiger partial charge in [-0.05, 0) is 47.5 Å². The van der Waals surface area contributed by atoms with Crippen LogP contribution in [-0.2, 0) is 10.1 Å². The largest absolute Gasteiger partial charge is 0.743 e. The van der Waals surface area contributed by atoms with Crippen LogP contribution in [0.4, 0.5) is 39.5 Å². The van der Waals surface area contributed by atoms with E-state index in [0.717, 1.165) is 0 Å². The molecule has 0 aliphatic rings. The van der Waals surface area contributed by atoms with Crippen LogP contribution in [0.3, 0.4) is 0 Å². The molecule has 4 aromatic rings. The van der Waals surface area contributed by atoms with E-state index in [1.807, 2.05) is 0 Å². The normalized spacial score (nSPS) is 12.9. The number of hydrogen-bond acceptors (Lipinski definition) is 3. The molecule has 0 amide bonds. The van der Waals surface area contributed by atoms with Crippen LogP contribution in [0.15, 0.2) is 115 Å². The van der Waals surface area contributed by atoms with Gasteiger partial charge in [0.05, 0.1) is 7.92 Å². The van der Waals surface area contributed by atoms with Crippen LogP contribution in [0.5, 0.6) is 0 Å². The zero-order valence-corrected chi connectivity index (χ0v) is 22.8. The first-order valence-electron chi connectivity index (χ1n) is 11.7. The number of halogens is 9. The molecule has 0 unspecified atom stereocenters. The van der Waals surface area contributed by atoms with Crippen molar-refractivity contribution in [3.63, 3.8) is 0 Å². The highest BCUT2D eigenvalue weighted by Crippen LogP contribution is 2.54. The Hall–Kier alpha value is -3.41. The van der Waals surface area contributed by atoms with Gasteiger partial charge in [0.15, 0.2) is 10.1 Å². The lowest BCUT2D eigenvalue weighted by Gasteiger charge is -2.34. The lowest BCUT2D eigenvalue weighted by molar-refractivity contribution is -0.382. The second-order valence-electron chi connectivity index (χ2n) is 8.67. The van der Waals surface area contributed by atoms with Crippen molar-refractivity contribution in [1.82, 2.24) is 0 Å². The summed E-state index contributed by atoms with van der Waals surface area (Å²) in [6.07, 6.45) is -7.16. The number of benzene rings is 4. The highest BCUT2D eigenvalue weighted by Gasteiger charge is 2.83. The predicted octanol–water partition coefficient (Wildman–Crippen LogP) is 6.80. The average molecular weight is 638 g/mol. The summed E-state index contributed by atoms with van der Waals surface area (Å²) in [5.41, 5.74) is 2.54. The Bertz CT molecular complexity index is 1510. The fourth-order valence-electron chi connectivity index (χ4n) is 3.69. The van der Waals surface area contributed by atoms with E-state index in [2.05, 4.69) is 115 Å². The van der Waals surface area contributed by atoms with Crippen LogP contribution in [-0.4, -0.2) is 36.2 Å². The van der Waals surface area contributed by atoms with Gasteiger partial charge in [-0.25, -0.2) is 8.42 Å². The molecule has 0 bridgehead atoms. The molecule has 0 fully saturated rings. The molecule has 0 aliphatic carbocycles. The maximum absolute atomic E-state index is 12.2. The van der Waals surface area contributed by atoms with Gasteiger partial charge < -0.3 is 4.55 Å². The Morgan fingerprint density at radius 3 is 1.17 bits per heavy atom. The molecular weight excluding hydrogens is 618 g/mol. The first kappa shape index (κ1) is 33.1. The van der Waals surface area contributed by atoms with Crippen molar-refractivity contribution in [3.8, 4) is 11.1 Å². The lowest BCUT2D eigenvalue weighted by Crippen LogP contribution is -2.63. The van der Waals surface area contributed by atoms with Gasteiger partial charge in [-0.2, -0.15) is 39.5 Å². The van der Waals surface area contributed by atoms with Crippen LogP contribution < -0.4 is 15.9 Å². The summed E-state index contributed by atoms with van der Waals surface area (Å²) in [4.78, 5) is 0. The number of hydrogen-bond donors (Lipinski definition) is 0.